The van der Waals surface area contributed by atoms with Crippen LogP contribution in [0.1, 0.15) is 46.1 Å². The van der Waals surface area contributed by atoms with Crippen molar-refractivity contribution in [2.45, 2.75) is 52.6 Å². The molecule has 1 heterocycles. The van der Waals surface area contributed by atoms with E-state index in [1.807, 2.05) is 49.3 Å². The number of hydrogen-bond acceptors (Lipinski definition) is 3. The van der Waals surface area contributed by atoms with Gasteiger partial charge >= 0.3 is 0 Å². The lowest BCUT2D eigenvalue weighted by molar-refractivity contribution is -0.142. The van der Waals surface area contributed by atoms with Gasteiger partial charge in [-0.25, -0.2) is 0 Å². The van der Waals surface area contributed by atoms with Gasteiger partial charge in [-0.3, -0.25) is 9.59 Å². The minimum Gasteiger partial charge on any atom is -0.378 e. The maximum absolute atomic E-state index is 13.0. The fourth-order valence-corrected chi connectivity index (χ4v) is 3.62. The van der Waals surface area contributed by atoms with Crippen molar-refractivity contribution in [2.75, 3.05) is 25.5 Å². The number of carbonyl (C=O) groups is 2. The van der Waals surface area contributed by atoms with Crippen LogP contribution in [0.2, 0.25) is 0 Å². The van der Waals surface area contributed by atoms with E-state index in [1.54, 1.807) is 11.0 Å². The van der Waals surface area contributed by atoms with Gasteiger partial charge in [-0.05, 0) is 48.4 Å². The quantitative estimate of drug-likeness (QED) is 0.730. The highest BCUT2D eigenvalue weighted by Gasteiger charge is 2.36. The molecule has 1 aliphatic rings. The summed E-state index contributed by atoms with van der Waals surface area (Å²) >= 11 is 0. The Balaban J connectivity index is 2.15. The normalized spacial score (nSPS) is 20.1. The molecule has 1 aromatic carbocycles. The topological polar surface area (TPSA) is 52.7 Å². The van der Waals surface area contributed by atoms with Crippen LogP contribution >= 0.6 is 0 Å². The average Bonchev–Trinajstić information content (AvgIpc) is 2.61. The summed E-state index contributed by atoms with van der Waals surface area (Å²) in [5, 5.41) is 3.12. The molecule has 0 aromatic heterocycles. The van der Waals surface area contributed by atoms with Crippen LogP contribution in [0.25, 0.3) is 6.08 Å². The first-order valence-corrected chi connectivity index (χ1v) is 10.2. The third-order valence-electron chi connectivity index (χ3n) is 5.00. The van der Waals surface area contributed by atoms with Crippen LogP contribution in [0.15, 0.2) is 30.3 Å². The van der Waals surface area contributed by atoms with E-state index < -0.39 is 6.04 Å². The number of nitrogens with one attached hydrogen (secondary N) is 1. The minimum absolute atomic E-state index is 0.0210. The summed E-state index contributed by atoms with van der Waals surface area (Å²) in [6.45, 7) is 9.01. The molecular formula is C23H35N3O2. The van der Waals surface area contributed by atoms with Crippen molar-refractivity contribution in [1.82, 2.24) is 10.2 Å². The van der Waals surface area contributed by atoms with Gasteiger partial charge in [0.05, 0.1) is 0 Å². The van der Waals surface area contributed by atoms with E-state index >= 15 is 0 Å². The molecule has 1 unspecified atom stereocenters. The van der Waals surface area contributed by atoms with Gasteiger partial charge in [0.1, 0.15) is 6.04 Å². The van der Waals surface area contributed by atoms with Gasteiger partial charge in [-0.1, -0.05) is 39.8 Å². The van der Waals surface area contributed by atoms with Gasteiger partial charge in [-0.15, -0.1) is 0 Å². The smallest absolute Gasteiger partial charge is 0.247 e. The van der Waals surface area contributed by atoms with Crippen molar-refractivity contribution < 1.29 is 9.59 Å². The molecule has 1 aliphatic heterocycles. The molecular weight excluding hydrogens is 350 g/mol. The van der Waals surface area contributed by atoms with Gasteiger partial charge in [0.15, 0.2) is 0 Å². The third-order valence-corrected chi connectivity index (χ3v) is 5.00. The van der Waals surface area contributed by atoms with Crippen molar-refractivity contribution in [2.24, 2.45) is 11.8 Å². The zero-order valence-electron chi connectivity index (χ0n) is 18.1. The van der Waals surface area contributed by atoms with E-state index in [-0.39, 0.29) is 17.9 Å². The number of hydrogen-bond donors (Lipinski definition) is 1. The summed E-state index contributed by atoms with van der Waals surface area (Å²) in [6, 6.07) is 7.67. The van der Waals surface area contributed by atoms with Crippen molar-refractivity contribution in [3.63, 3.8) is 0 Å². The van der Waals surface area contributed by atoms with E-state index in [4.69, 9.17) is 0 Å². The van der Waals surface area contributed by atoms with Crippen LogP contribution < -0.4 is 10.2 Å². The highest BCUT2D eigenvalue weighted by atomic mass is 16.2. The highest BCUT2D eigenvalue weighted by Crippen LogP contribution is 2.20. The maximum atomic E-state index is 13.0. The number of benzene rings is 1. The van der Waals surface area contributed by atoms with Gasteiger partial charge in [0.2, 0.25) is 11.8 Å². The SMILES string of the molecule is CC(C)CC1C(=O)N[C@@H](CC(C)C)CN1C(=O)/C=C/c1ccc(N(C)C)cc1. The number of carbonyl (C=O) groups excluding carboxylic acids is 2. The van der Waals surface area contributed by atoms with Gasteiger partial charge in [-0.2, -0.15) is 0 Å². The molecule has 1 saturated heterocycles. The molecule has 1 fully saturated rings. The van der Waals surface area contributed by atoms with Crippen LogP contribution in [0, 0.1) is 11.8 Å². The van der Waals surface area contributed by atoms with Gasteiger partial charge in [0.25, 0.3) is 0 Å². The van der Waals surface area contributed by atoms with Crippen molar-refractivity contribution >= 4 is 23.6 Å². The van der Waals surface area contributed by atoms with Gasteiger partial charge in [0, 0.05) is 38.4 Å². The predicted molar refractivity (Wildman–Crippen MR) is 116 cm³/mol. The zero-order valence-corrected chi connectivity index (χ0v) is 18.1. The van der Waals surface area contributed by atoms with E-state index in [0.29, 0.717) is 24.8 Å². The average molecular weight is 386 g/mol. The lowest BCUT2D eigenvalue weighted by Crippen LogP contribution is -2.61. The lowest BCUT2D eigenvalue weighted by Gasteiger charge is -2.40. The van der Waals surface area contributed by atoms with Crippen molar-refractivity contribution in [3.8, 4) is 0 Å². The van der Waals surface area contributed by atoms with Crippen molar-refractivity contribution in [3.05, 3.63) is 35.9 Å². The second-order valence-corrected chi connectivity index (χ2v) is 8.79. The van der Waals surface area contributed by atoms with E-state index in [9.17, 15) is 9.59 Å². The van der Waals surface area contributed by atoms with E-state index in [1.165, 1.54) is 0 Å². The zero-order chi connectivity index (χ0) is 20.8. The molecule has 1 aromatic rings. The first-order chi connectivity index (χ1) is 13.2. The summed E-state index contributed by atoms with van der Waals surface area (Å²) in [5.74, 6) is 0.693. The molecule has 28 heavy (non-hydrogen) atoms. The molecule has 0 aliphatic carbocycles. The predicted octanol–water partition coefficient (Wildman–Crippen LogP) is 3.55. The lowest BCUT2D eigenvalue weighted by atomic mass is 9.95. The summed E-state index contributed by atoms with van der Waals surface area (Å²) < 4.78 is 0. The Morgan fingerprint density at radius 2 is 1.75 bits per heavy atom. The first kappa shape index (κ1) is 22.0. The molecule has 0 bridgehead atoms. The fourth-order valence-electron chi connectivity index (χ4n) is 3.62. The molecule has 2 rings (SSSR count). The Morgan fingerprint density at radius 3 is 2.29 bits per heavy atom. The molecule has 0 saturated carbocycles. The summed E-state index contributed by atoms with van der Waals surface area (Å²) in [7, 11) is 4.00. The summed E-state index contributed by atoms with van der Waals surface area (Å²) in [6.07, 6.45) is 4.98. The Bertz CT molecular complexity index is 692. The number of nitrogens with zero attached hydrogens (tertiary/aromatic N) is 2. The number of amides is 2. The molecule has 5 heteroatoms. The molecule has 1 N–H and O–H groups in total. The van der Waals surface area contributed by atoms with Crippen LogP contribution in [-0.2, 0) is 9.59 Å². The molecule has 154 valence electrons. The minimum atomic E-state index is -0.392. The number of rotatable bonds is 7. The largest absolute Gasteiger partial charge is 0.378 e. The second-order valence-electron chi connectivity index (χ2n) is 8.79. The Morgan fingerprint density at radius 1 is 1.14 bits per heavy atom. The standard InChI is InChI=1S/C23H35N3O2/c1-16(2)13-19-15-26(21(14-17(3)4)23(28)24-19)22(27)12-9-18-7-10-20(11-8-18)25(5)6/h7-12,16-17,19,21H,13-15H2,1-6H3,(H,24,28)/b12-9+/t19-,21?/m0/s1. The molecule has 0 radical (unpaired) electrons. The number of piperazine rings is 1. The molecule has 2 atom stereocenters. The molecule has 2 amide bonds. The van der Waals surface area contributed by atoms with E-state index in [0.717, 1.165) is 17.7 Å². The maximum Gasteiger partial charge on any atom is 0.247 e. The van der Waals surface area contributed by atoms with Crippen LogP contribution in [0.3, 0.4) is 0 Å². The van der Waals surface area contributed by atoms with Crippen LogP contribution in [-0.4, -0.2) is 49.4 Å². The fraction of sp³-hybridized carbons (Fsp3) is 0.565. The van der Waals surface area contributed by atoms with E-state index in [2.05, 4.69) is 33.0 Å². The molecule has 0 spiro atoms. The van der Waals surface area contributed by atoms with Crippen LogP contribution in [0.5, 0.6) is 0 Å². The Kier molecular flexibility index (Phi) is 7.67. The number of anilines is 1. The van der Waals surface area contributed by atoms with Crippen molar-refractivity contribution in [1.29, 1.82) is 0 Å². The molecule has 5 nitrogen and oxygen atoms in total. The third kappa shape index (κ3) is 6.11. The Labute approximate surface area is 169 Å². The van der Waals surface area contributed by atoms with Gasteiger partial charge < -0.3 is 15.1 Å². The second kappa shape index (κ2) is 9.76. The van der Waals surface area contributed by atoms with Crippen LogP contribution in [0.4, 0.5) is 5.69 Å². The highest BCUT2D eigenvalue weighted by molar-refractivity contribution is 5.96. The summed E-state index contributed by atoms with van der Waals surface area (Å²) in [5.41, 5.74) is 2.09. The summed E-state index contributed by atoms with van der Waals surface area (Å²) in [4.78, 5) is 29.4. The monoisotopic (exact) mass is 385 g/mol. The first-order valence-electron chi connectivity index (χ1n) is 10.2. The Hall–Kier alpha value is -2.30.